The lowest BCUT2D eigenvalue weighted by atomic mass is 9.99. The van der Waals surface area contributed by atoms with Crippen LogP contribution in [0.1, 0.15) is 50.5 Å². The van der Waals surface area contributed by atoms with E-state index in [4.69, 9.17) is 0 Å². The average molecular weight is 275 g/mol. The molecule has 110 valence electrons. The SMILES string of the molecule is CCC(C)NC(=O)c1ccc(N2CCC(C)CC2)cn1. The van der Waals surface area contributed by atoms with Crippen LogP contribution in [0.5, 0.6) is 0 Å². The Morgan fingerprint density at radius 2 is 2.15 bits per heavy atom. The number of piperidine rings is 1. The van der Waals surface area contributed by atoms with E-state index in [9.17, 15) is 4.79 Å². The third-order valence-electron chi connectivity index (χ3n) is 4.12. The number of aromatic nitrogens is 1. The Morgan fingerprint density at radius 1 is 1.45 bits per heavy atom. The van der Waals surface area contributed by atoms with Gasteiger partial charge in [-0.3, -0.25) is 4.79 Å². The maximum absolute atomic E-state index is 12.0. The molecule has 0 saturated carbocycles. The van der Waals surface area contributed by atoms with E-state index in [1.165, 1.54) is 12.8 Å². The van der Waals surface area contributed by atoms with Gasteiger partial charge in [0.25, 0.3) is 5.91 Å². The van der Waals surface area contributed by atoms with Gasteiger partial charge in [0.15, 0.2) is 0 Å². The fraction of sp³-hybridized carbons (Fsp3) is 0.625. The smallest absolute Gasteiger partial charge is 0.270 e. The Bertz CT molecular complexity index is 436. The lowest BCUT2D eigenvalue weighted by Gasteiger charge is -2.31. The van der Waals surface area contributed by atoms with Crippen LogP contribution in [0.3, 0.4) is 0 Å². The Balaban J connectivity index is 1.97. The van der Waals surface area contributed by atoms with E-state index in [1.807, 2.05) is 25.3 Å². The van der Waals surface area contributed by atoms with Crippen LogP contribution in [0.4, 0.5) is 5.69 Å². The van der Waals surface area contributed by atoms with E-state index in [2.05, 4.69) is 29.0 Å². The molecule has 1 saturated heterocycles. The van der Waals surface area contributed by atoms with Gasteiger partial charge in [0, 0.05) is 19.1 Å². The molecule has 4 heteroatoms. The van der Waals surface area contributed by atoms with Gasteiger partial charge in [-0.25, -0.2) is 4.98 Å². The monoisotopic (exact) mass is 275 g/mol. The number of anilines is 1. The van der Waals surface area contributed by atoms with Crippen LogP contribution in [0.15, 0.2) is 18.3 Å². The van der Waals surface area contributed by atoms with Crippen LogP contribution in [0.25, 0.3) is 0 Å². The molecule has 20 heavy (non-hydrogen) atoms. The molecule has 1 aromatic heterocycles. The van der Waals surface area contributed by atoms with E-state index in [0.717, 1.165) is 31.1 Å². The predicted octanol–water partition coefficient (Wildman–Crippen LogP) is 2.85. The first kappa shape index (κ1) is 14.8. The van der Waals surface area contributed by atoms with Gasteiger partial charge in [-0.05, 0) is 44.2 Å². The van der Waals surface area contributed by atoms with Crippen molar-refractivity contribution in [1.82, 2.24) is 10.3 Å². The van der Waals surface area contributed by atoms with Gasteiger partial charge < -0.3 is 10.2 Å². The molecular formula is C16H25N3O. The zero-order chi connectivity index (χ0) is 14.5. The van der Waals surface area contributed by atoms with Gasteiger partial charge in [-0.2, -0.15) is 0 Å². The van der Waals surface area contributed by atoms with Gasteiger partial charge in [0.05, 0.1) is 11.9 Å². The molecule has 0 radical (unpaired) electrons. The summed E-state index contributed by atoms with van der Waals surface area (Å²) in [6.07, 6.45) is 5.21. The zero-order valence-corrected chi connectivity index (χ0v) is 12.7. The first-order valence-corrected chi connectivity index (χ1v) is 7.62. The molecular weight excluding hydrogens is 250 g/mol. The molecule has 1 aromatic rings. The Labute approximate surface area is 121 Å². The van der Waals surface area contributed by atoms with Crippen LogP contribution in [0.2, 0.25) is 0 Å². The van der Waals surface area contributed by atoms with Crippen molar-refractivity contribution in [3.8, 4) is 0 Å². The molecule has 0 aromatic carbocycles. The van der Waals surface area contributed by atoms with Gasteiger partial charge in [0.1, 0.15) is 5.69 Å². The normalized spacial score (nSPS) is 17.9. The highest BCUT2D eigenvalue weighted by molar-refractivity contribution is 5.92. The van der Waals surface area contributed by atoms with Gasteiger partial charge >= 0.3 is 0 Å². The minimum Gasteiger partial charge on any atom is -0.370 e. The van der Waals surface area contributed by atoms with Crippen molar-refractivity contribution in [2.75, 3.05) is 18.0 Å². The fourth-order valence-electron chi connectivity index (χ4n) is 2.37. The number of amides is 1. The van der Waals surface area contributed by atoms with Crippen molar-refractivity contribution in [2.45, 2.75) is 46.1 Å². The average Bonchev–Trinajstić information content (AvgIpc) is 2.48. The second-order valence-electron chi connectivity index (χ2n) is 5.85. The maximum atomic E-state index is 12.0. The van der Waals surface area contributed by atoms with Crippen molar-refractivity contribution >= 4 is 11.6 Å². The Morgan fingerprint density at radius 3 is 2.70 bits per heavy atom. The second-order valence-corrected chi connectivity index (χ2v) is 5.85. The Kier molecular flexibility index (Phi) is 4.99. The Hall–Kier alpha value is -1.58. The summed E-state index contributed by atoms with van der Waals surface area (Å²) >= 11 is 0. The summed E-state index contributed by atoms with van der Waals surface area (Å²) in [6, 6.07) is 4.02. The van der Waals surface area contributed by atoms with Crippen molar-refractivity contribution in [3.05, 3.63) is 24.0 Å². The number of hydrogen-bond donors (Lipinski definition) is 1. The summed E-state index contributed by atoms with van der Waals surface area (Å²) in [6.45, 7) is 8.53. The van der Waals surface area contributed by atoms with Crippen LogP contribution < -0.4 is 10.2 Å². The number of carbonyl (C=O) groups excluding carboxylic acids is 1. The standard InChI is InChI=1S/C16H25N3O/c1-4-13(3)18-16(20)15-6-5-14(11-17-15)19-9-7-12(2)8-10-19/h5-6,11-13H,4,7-10H2,1-3H3,(H,18,20). The van der Waals surface area contributed by atoms with Crippen molar-refractivity contribution in [1.29, 1.82) is 0 Å². The summed E-state index contributed by atoms with van der Waals surface area (Å²) in [5.74, 6) is 0.734. The molecule has 1 amide bonds. The number of hydrogen-bond acceptors (Lipinski definition) is 3. The lowest BCUT2D eigenvalue weighted by Crippen LogP contribution is -2.34. The highest BCUT2D eigenvalue weighted by atomic mass is 16.1. The molecule has 2 heterocycles. The minimum absolute atomic E-state index is 0.0850. The molecule has 1 atom stereocenters. The molecule has 1 N–H and O–H groups in total. The number of nitrogens with zero attached hydrogens (tertiary/aromatic N) is 2. The first-order valence-electron chi connectivity index (χ1n) is 7.62. The van der Waals surface area contributed by atoms with Crippen LogP contribution in [0, 0.1) is 5.92 Å². The number of nitrogens with one attached hydrogen (secondary N) is 1. The molecule has 0 bridgehead atoms. The van der Waals surface area contributed by atoms with Gasteiger partial charge in [0.2, 0.25) is 0 Å². The largest absolute Gasteiger partial charge is 0.370 e. The topological polar surface area (TPSA) is 45.2 Å². The molecule has 1 unspecified atom stereocenters. The van der Waals surface area contributed by atoms with E-state index < -0.39 is 0 Å². The van der Waals surface area contributed by atoms with Gasteiger partial charge in [-0.1, -0.05) is 13.8 Å². The minimum atomic E-state index is -0.0850. The molecule has 0 aliphatic carbocycles. The fourth-order valence-corrected chi connectivity index (χ4v) is 2.37. The molecule has 4 nitrogen and oxygen atoms in total. The highest BCUT2D eigenvalue weighted by Crippen LogP contribution is 2.22. The lowest BCUT2D eigenvalue weighted by molar-refractivity contribution is 0.0934. The van der Waals surface area contributed by atoms with Gasteiger partial charge in [-0.15, -0.1) is 0 Å². The highest BCUT2D eigenvalue weighted by Gasteiger charge is 2.17. The van der Waals surface area contributed by atoms with Crippen LogP contribution >= 0.6 is 0 Å². The predicted molar refractivity (Wildman–Crippen MR) is 82.1 cm³/mol. The number of rotatable bonds is 4. The first-order chi connectivity index (χ1) is 9.60. The van der Waals surface area contributed by atoms with Crippen molar-refractivity contribution in [2.24, 2.45) is 5.92 Å². The van der Waals surface area contributed by atoms with Crippen LogP contribution in [-0.2, 0) is 0 Å². The van der Waals surface area contributed by atoms with E-state index in [-0.39, 0.29) is 11.9 Å². The zero-order valence-electron chi connectivity index (χ0n) is 12.7. The van der Waals surface area contributed by atoms with Crippen molar-refractivity contribution in [3.63, 3.8) is 0 Å². The number of pyridine rings is 1. The third kappa shape index (κ3) is 3.71. The molecule has 1 aliphatic heterocycles. The van der Waals surface area contributed by atoms with E-state index >= 15 is 0 Å². The quantitative estimate of drug-likeness (QED) is 0.919. The number of carbonyl (C=O) groups is 1. The third-order valence-corrected chi connectivity index (χ3v) is 4.12. The maximum Gasteiger partial charge on any atom is 0.270 e. The molecule has 2 rings (SSSR count). The second kappa shape index (κ2) is 6.73. The van der Waals surface area contributed by atoms with E-state index in [1.54, 1.807) is 0 Å². The molecule has 1 fully saturated rings. The summed E-state index contributed by atoms with van der Waals surface area (Å²) in [5, 5.41) is 2.94. The summed E-state index contributed by atoms with van der Waals surface area (Å²) in [4.78, 5) is 18.6. The molecule has 1 aliphatic rings. The molecule has 0 spiro atoms. The van der Waals surface area contributed by atoms with Crippen molar-refractivity contribution < 1.29 is 4.79 Å². The van der Waals surface area contributed by atoms with E-state index in [0.29, 0.717) is 5.69 Å². The summed E-state index contributed by atoms with van der Waals surface area (Å²) in [7, 11) is 0. The summed E-state index contributed by atoms with van der Waals surface area (Å²) < 4.78 is 0. The summed E-state index contributed by atoms with van der Waals surface area (Å²) in [5.41, 5.74) is 1.62. The van der Waals surface area contributed by atoms with Crippen LogP contribution in [-0.4, -0.2) is 30.0 Å².